The second-order valence-corrected chi connectivity index (χ2v) is 6.64. The Kier molecular flexibility index (Phi) is 3.94. The van der Waals surface area contributed by atoms with Crippen molar-refractivity contribution < 1.29 is 0 Å². The van der Waals surface area contributed by atoms with E-state index >= 15 is 0 Å². The molecule has 3 rings (SSSR count). The quantitative estimate of drug-likeness (QED) is 0.730. The highest BCUT2D eigenvalue weighted by Gasteiger charge is 2.22. The summed E-state index contributed by atoms with van der Waals surface area (Å²) in [4.78, 5) is 5.41. The van der Waals surface area contributed by atoms with Gasteiger partial charge in [-0.2, -0.15) is 0 Å². The summed E-state index contributed by atoms with van der Waals surface area (Å²) in [5.41, 5.74) is 13.7. The van der Waals surface area contributed by atoms with Crippen LogP contribution in [0.15, 0.2) is 36.5 Å². The summed E-state index contributed by atoms with van der Waals surface area (Å²) in [6.45, 7) is 8.34. The molecule has 1 unspecified atom stereocenters. The molecule has 0 aliphatic rings. The summed E-state index contributed by atoms with van der Waals surface area (Å²) >= 11 is 5.26. The van der Waals surface area contributed by atoms with Crippen LogP contribution in [0.3, 0.4) is 0 Å². The van der Waals surface area contributed by atoms with Gasteiger partial charge in [-0.25, -0.2) is 4.98 Å². The number of hydrogen-bond acceptors (Lipinski definition) is 2. The summed E-state index contributed by atoms with van der Waals surface area (Å²) in [5.74, 6) is -0.0440. The molecule has 2 N–H and O–H groups in total. The minimum atomic E-state index is -0.0440. The van der Waals surface area contributed by atoms with Gasteiger partial charge in [-0.05, 0) is 38.0 Å². The number of fused-ring (bicyclic) bond motifs is 1. The van der Waals surface area contributed by atoms with Crippen molar-refractivity contribution in [3.8, 4) is 11.3 Å². The van der Waals surface area contributed by atoms with Crippen LogP contribution in [0.5, 0.6) is 0 Å². The number of aryl methyl sites for hydroxylation is 3. The van der Waals surface area contributed by atoms with Crippen LogP contribution in [0.1, 0.15) is 35.2 Å². The van der Waals surface area contributed by atoms with E-state index in [-0.39, 0.29) is 5.92 Å². The lowest BCUT2D eigenvalue weighted by Gasteiger charge is -2.14. The normalized spacial score (nSPS) is 12.5. The van der Waals surface area contributed by atoms with Crippen LogP contribution in [-0.2, 0) is 0 Å². The van der Waals surface area contributed by atoms with Crippen molar-refractivity contribution in [3.05, 3.63) is 58.9 Å². The first-order valence-corrected chi connectivity index (χ1v) is 8.15. The van der Waals surface area contributed by atoms with E-state index in [9.17, 15) is 0 Å². The van der Waals surface area contributed by atoms with Crippen LogP contribution in [0.2, 0.25) is 0 Å². The topological polar surface area (TPSA) is 43.3 Å². The van der Waals surface area contributed by atoms with Gasteiger partial charge in [0.05, 0.1) is 16.4 Å². The molecule has 4 heteroatoms. The molecule has 1 atom stereocenters. The van der Waals surface area contributed by atoms with Crippen LogP contribution in [0.4, 0.5) is 0 Å². The molecule has 0 amide bonds. The van der Waals surface area contributed by atoms with Gasteiger partial charge in [0.25, 0.3) is 0 Å². The van der Waals surface area contributed by atoms with Crippen molar-refractivity contribution in [3.63, 3.8) is 0 Å². The van der Waals surface area contributed by atoms with Gasteiger partial charge in [-0.3, -0.25) is 0 Å². The molecule has 0 saturated heterocycles. The summed E-state index contributed by atoms with van der Waals surface area (Å²) in [6, 6.07) is 10.5. The fourth-order valence-corrected chi connectivity index (χ4v) is 3.16. The molecular formula is C19H21N3S. The number of nitrogens with two attached hydrogens (primary N) is 1. The molecule has 0 aliphatic heterocycles. The fourth-order valence-electron chi connectivity index (χ4n) is 3.05. The van der Waals surface area contributed by atoms with Crippen molar-refractivity contribution in [1.29, 1.82) is 0 Å². The Morgan fingerprint density at radius 1 is 1.17 bits per heavy atom. The van der Waals surface area contributed by atoms with Crippen LogP contribution in [0, 0.1) is 20.8 Å². The first kappa shape index (κ1) is 15.7. The molecule has 0 aliphatic carbocycles. The van der Waals surface area contributed by atoms with E-state index < -0.39 is 0 Å². The Morgan fingerprint density at radius 2 is 1.91 bits per heavy atom. The molecule has 0 saturated carbocycles. The van der Waals surface area contributed by atoms with E-state index in [1.807, 2.05) is 19.2 Å². The molecule has 0 fully saturated rings. The molecule has 23 heavy (non-hydrogen) atoms. The Labute approximate surface area is 142 Å². The van der Waals surface area contributed by atoms with Gasteiger partial charge >= 0.3 is 0 Å². The molecule has 0 spiro atoms. The minimum absolute atomic E-state index is 0.0440. The van der Waals surface area contributed by atoms with Gasteiger partial charge in [0.15, 0.2) is 0 Å². The average Bonchev–Trinajstić information content (AvgIpc) is 2.87. The smallest absolute Gasteiger partial charge is 0.140 e. The lowest BCUT2D eigenvalue weighted by atomic mass is 9.97. The fraction of sp³-hybridized carbons (Fsp3) is 0.263. The summed E-state index contributed by atoms with van der Waals surface area (Å²) in [6.07, 6.45) is 2.03. The average molecular weight is 323 g/mol. The highest BCUT2D eigenvalue weighted by Crippen LogP contribution is 2.33. The molecule has 3 aromatic rings. The zero-order valence-electron chi connectivity index (χ0n) is 13.9. The summed E-state index contributed by atoms with van der Waals surface area (Å²) in [5, 5.41) is 0. The van der Waals surface area contributed by atoms with Crippen molar-refractivity contribution in [2.24, 2.45) is 5.73 Å². The number of rotatable bonds is 3. The number of nitrogens with zero attached hydrogens (tertiary/aromatic N) is 2. The molecule has 1 aromatic carbocycles. The number of imidazole rings is 1. The Bertz CT molecular complexity index is 908. The van der Waals surface area contributed by atoms with Gasteiger partial charge in [0.2, 0.25) is 0 Å². The number of hydrogen-bond donors (Lipinski definition) is 1. The maximum Gasteiger partial charge on any atom is 0.140 e. The first-order valence-electron chi connectivity index (χ1n) is 7.74. The van der Waals surface area contributed by atoms with E-state index in [1.54, 1.807) is 0 Å². The van der Waals surface area contributed by atoms with Gasteiger partial charge in [-0.1, -0.05) is 49.0 Å². The Morgan fingerprint density at radius 3 is 2.57 bits per heavy atom. The summed E-state index contributed by atoms with van der Waals surface area (Å²) in [7, 11) is 0. The number of thiocarbonyl (C=S) groups is 1. The molecule has 3 nitrogen and oxygen atoms in total. The first-order chi connectivity index (χ1) is 10.9. The highest BCUT2D eigenvalue weighted by atomic mass is 32.1. The predicted molar refractivity (Wildman–Crippen MR) is 100 cm³/mol. The van der Waals surface area contributed by atoms with Crippen LogP contribution in [0.25, 0.3) is 16.9 Å². The SMILES string of the molecule is Cc1ccc(-c2nc3c(C)cccn3c2C(C)C(N)=S)c(C)c1. The van der Waals surface area contributed by atoms with Crippen LogP contribution >= 0.6 is 12.2 Å². The van der Waals surface area contributed by atoms with Crippen LogP contribution in [-0.4, -0.2) is 14.4 Å². The van der Waals surface area contributed by atoms with E-state index in [0.29, 0.717) is 4.99 Å². The third-order valence-electron chi connectivity index (χ3n) is 4.36. The predicted octanol–water partition coefficient (Wildman–Crippen LogP) is 4.32. The second kappa shape index (κ2) is 5.78. The van der Waals surface area contributed by atoms with Crippen molar-refractivity contribution in [2.45, 2.75) is 33.6 Å². The molecule has 0 bridgehead atoms. The highest BCUT2D eigenvalue weighted by molar-refractivity contribution is 7.80. The monoisotopic (exact) mass is 323 g/mol. The zero-order chi connectivity index (χ0) is 16.7. The third-order valence-corrected chi connectivity index (χ3v) is 4.71. The largest absolute Gasteiger partial charge is 0.393 e. The van der Waals surface area contributed by atoms with Crippen molar-refractivity contribution in [1.82, 2.24) is 9.38 Å². The van der Waals surface area contributed by atoms with Gasteiger partial charge in [0.1, 0.15) is 5.65 Å². The lowest BCUT2D eigenvalue weighted by molar-refractivity contribution is 0.928. The number of benzene rings is 1. The molecular weight excluding hydrogens is 302 g/mol. The van der Waals surface area contributed by atoms with Gasteiger partial charge in [0, 0.05) is 17.7 Å². The van der Waals surface area contributed by atoms with Gasteiger partial charge < -0.3 is 10.1 Å². The second-order valence-electron chi connectivity index (χ2n) is 6.17. The Balaban J connectivity index is 2.37. The van der Waals surface area contributed by atoms with E-state index in [4.69, 9.17) is 22.9 Å². The summed E-state index contributed by atoms with van der Waals surface area (Å²) < 4.78 is 2.12. The molecule has 2 aromatic heterocycles. The molecule has 0 radical (unpaired) electrons. The maximum absolute atomic E-state index is 5.96. The number of pyridine rings is 1. The lowest BCUT2D eigenvalue weighted by Crippen LogP contribution is -2.18. The van der Waals surface area contributed by atoms with E-state index in [2.05, 4.69) is 49.4 Å². The van der Waals surface area contributed by atoms with Crippen LogP contribution < -0.4 is 5.73 Å². The third kappa shape index (κ3) is 2.63. The van der Waals surface area contributed by atoms with Crippen molar-refractivity contribution in [2.75, 3.05) is 0 Å². The molecule has 2 heterocycles. The maximum atomic E-state index is 5.96. The van der Waals surface area contributed by atoms with Gasteiger partial charge in [-0.15, -0.1) is 0 Å². The standard InChI is InChI=1S/C19H21N3S/c1-11-7-8-15(13(3)10-11)16-17(14(4)18(20)23)22-9-5-6-12(2)19(22)21-16/h5-10,14H,1-4H3,(H2,20,23). The van der Waals surface area contributed by atoms with Crippen molar-refractivity contribution >= 4 is 22.9 Å². The minimum Gasteiger partial charge on any atom is -0.393 e. The molecule has 118 valence electrons. The van der Waals surface area contributed by atoms with E-state index in [1.165, 1.54) is 11.1 Å². The number of aromatic nitrogens is 2. The Hall–Kier alpha value is -2.20. The van der Waals surface area contributed by atoms with E-state index in [0.717, 1.165) is 28.2 Å². The zero-order valence-corrected chi connectivity index (χ0v) is 14.7.